The summed E-state index contributed by atoms with van der Waals surface area (Å²) in [5, 5.41) is 6.88. The van der Waals surface area contributed by atoms with Gasteiger partial charge in [0.2, 0.25) is 0 Å². The van der Waals surface area contributed by atoms with Gasteiger partial charge in [0.1, 0.15) is 5.76 Å². The molecule has 0 bridgehead atoms. The van der Waals surface area contributed by atoms with Crippen molar-refractivity contribution < 1.29 is 9.32 Å². The van der Waals surface area contributed by atoms with Gasteiger partial charge in [-0.1, -0.05) is 11.6 Å². The normalized spacial score (nSPS) is 25.9. The number of carbonyl (C=O) groups excluding carboxylic acids is 1. The van der Waals surface area contributed by atoms with E-state index < -0.39 is 0 Å². The number of nitrogens with two attached hydrogens (primary N) is 1. The molecule has 2 fully saturated rings. The molecule has 5 nitrogen and oxygen atoms in total. The Kier molecular flexibility index (Phi) is 4.47. The zero-order chi connectivity index (χ0) is 12.5. The quantitative estimate of drug-likeness (QED) is 0.884. The molecule has 0 saturated heterocycles. The summed E-state index contributed by atoms with van der Waals surface area (Å²) < 4.78 is 5.19. The van der Waals surface area contributed by atoms with Gasteiger partial charge < -0.3 is 15.6 Å². The van der Waals surface area contributed by atoms with Gasteiger partial charge in [-0.2, -0.15) is 0 Å². The second-order valence-electron chi connectivity index (χ2n) is 5.40. The molecule has 0 spiro atoms. The minimum atomic E-state index is -0.129. The van der Waals surface area contributed by atoms with Crippen molar-refractivity contribution in [2.45, 2.75) is 44.1 Å². The maximum atomic E-state index is 12.0. The Morgan fingerprint density at radius 3 is 2.89 bits per heavy atom. The van der Waals surface area contributed by atoms with E-state index in [4.69, 9.17) is 10.3 Å². The van der Waals surface area contributed by atoms with Crippen LogP contribution in [0, 0.1) is 5.92 Å². The third kappa shape index (κ3) is 3.09. The molecule has 1 heterocycles. The van der Waals surface area contributed by atoms with E-state index in [0.717, 1.165) is 37.9 Å². The lowest BCUT2D eigenvalue weighted by Gasteiger charge is -2.18. The molecule has 2 aliphatic rings. The van der Waals surface area contributed by atoms with Crippen LogP contribution in [-0.2, 0) is 0 Å². The van der Waals surface area contributed by atoms with Crippen molar-refractivity contribution in [1.82, 2.24) is 10.5 Å². The van der Waals surface area contributed by atoms with E-state index in [2.05, 4.69) is 10.5 Å². The number of nitrogens with zero attached hydrogens (tertiary/aromatic N) is 1. The highest BCUT2D eigenvalue weighted by Gasteiger charge is 2.31. The third-order valence-corrected chi connectivity index (χ3v) is 4.02. The lowest BCUT2D eigenvalue weighted by atomic mass is 10.0. The Hall–Kier alpha value is -1.07. The van der Waals surface area contributed by atoms with E-state index in [-0.39, 0.29) is 24.4 Å². The van der Waals surface area contributed by atoms with Crippen molar-refractivity contribution in [1.29, 1.82) is 0 Å². The van der Waals surface area contributed by atoms with Gasteiger partial charge in [0.05, 0.1) is 0 Å². The van der Waals surface area contributed by atoms with Crippen LogP contribution in [0.3, 0.4) is 0 Å². The topological polar surface area (TPSA) is 81.1 Å². The van der Waals surface area contributed by atoms with Crippen molar-refractivity contribution in [3.63, 3.8) is 0 Å². The Morgan fingerprint density at radius 1 is 1.42 bits per heavy atom. The second-order valence-corrected chi connectivity index (χ2v) is 5.40. The summed E-state index contributed by atoms with van der Waals surface area (Å²) in [5.41, 5.74) is 6.11. The highest BCUT2D eigenvalue weighted by molar-refractivity contribution is 5.92. The fraction of sp³-hybridized carbons (Fsp3) is 0.692. The lowest BCUT2D eigenvalue weighted by Crippen LogP contribution is -2.39. The molecule has 0 radical (unpaired) electrons. The number of halogens is 1. The summed E-state index contributed by atoms with van der Waals surface area (Å²) in [5.74, 6) is 1.61. The second kappa shape index (κ2) is 5.92. The molecule has 106 valence electrons. The fourth-order valence-corrected chi connectivity index (χ4v) is 2.71. The van der Waals surface area contributed by atoms with Crippen molar-refractivity contribution in [3.05, 3.63) is 17.5 Å². The summed E-state index contributed by atoms with van der Waals surface area (Å²) in [6.45, 7) is 0.636. The summed E-state index contributed by atoms with van der Waals surface area (Å²) in [7, 11) is 0. The minimum absolute atomic E-state index is 0. The van der Waals surface area contributed by atoms with Gasteiger partial charge in [0.15, 0.2) is 5.69 Å². The Balaban J connectivity index is 0.00000133. The van der Waals surface area contributed by atoms with Gasteiger partial charge in [-0.25, -0.2) is 0 Å². The molecule has 0 aliphatic heterocycles. The molecule has 2 aliphatic carbocycles. The van der Waals surface area contributed by atoms with E-state index in [1.807, 2.05) is 0 Å². The smallest absolute Gasteiger partial charge is 0.273 e. The van der Waals surface area contributed by atoms with Crippen LogP contribution in [0.1, 0.15) is 54.3 Å². The van der Waals surface area contributed by atoms with Gasteiger partial charge >= 0.3 is 0 Å². The maximum absolute atomic E-state index is 12.0. The fourth-order valence-electron chi connectivity index (χ4n) is 2.71. The Bertz CT molecular complexity index is 445. The zero-order valence-electron chi connectivity index (χ0n) is 10.8. The standard InChI is InChI=1S/C13H19N3O2.ClH/c14-7-9-2-1-3-10(9)15-13(17)11-6-12(18-16-11)8-4-5-8;/h6,8-10H,1-5,7,14H2,(H,15,17);1H. The zero-order valence-corrected chi connectivity index (χ0v) is 11.6. The maximum Gasteiger partial charge on any atom is 0.273 e. The number of nitrogens with one attached hydrogen (secondary N) is 1. The first-order chi connectivity index (χ1) is 8.78. The molecule has 0 aromatic carbocycles. The largest absolute Gasteiger partial charge is 0.360 e. The van der Waals surface area contributed by atoms with Crippen LogP contribution >= 0.6 is 12.4 Å². The number of amides is 1. The van der Waals surface area contributed by atoms with Crippen LogP contribution in [0.5, 0.6) is 0 Å². The molecule has 19 heavy (non-hydrogen) atoms. The van der Waals surface area contributed by atoms with Crippen LogP contribution in [0.4, 0.5) is 0 Å². The molecule has 1 aromatic heterocycles. The molecule has 3 N–H and O–H groups in total. The van der Waals surface area contributed by atoms with Gasteiger partial charge in [0.25, 0.3) is 5.91 Å². The molecule has 3 rings (SSSR count). The minimum Gasteiger partial charge on any atom is -0.360 e. The van der Waals surface area contributed by atoms with E-state index in [9.17, 15) is 4.79 Å². The third-order valence-electron chi connectivity index (χ3n) is 4.02. The highest BCUT2D eigenvalue weighted by Crippen LogP contribution is 2.40. The number of aromatic nitrogens is 1. The number of hydrogen-bond donors (Lipinski definition) is 2. The predicted octanol–water partition coefficient (Wildman–Crippen LogP) is 1.83. The van der Waals surface area contributed by atoms with Gasteiger partial charge in [-0.15, -0.1) is 12.4 Å². The molecule has 1 amide bonds. The van der Waals surface area contributed by atoms with Gasteiger partial charge in [0, 0.05) is 18.0 Å². The first-order valence-corrected chi connectivity index (χ1v) is 6.75. The lowest BCUT2D eigenvalue weighted by molar-refractivity contribution is 0.0919. The van der Waals surface area contributed by atoms with E-state index in [0.29, 0.717) is 24.1 Å². The number of rotatable bonds is 4. The molecule has 1 aromatic rings. The summed E-state index contributed by atoms with van der Waals surface area (Å²) in [6.07, 6.45) is 5.55. The molecular weight excluding hydrogens is 266 g/mol. The van der Waals surface area contributed by atoms with Crippen LogP contribution in [0.2, 0.25) is 0 Å². The van der Waals surface area contributed by atoms with E-state index in [1.54, 1.807) is 6.07 Å². The van der Waals surface area contributed by atoms with Crippen LogP contribution in [0.15, 0.2) is 10.6 Å². The van der Waals surface area contributed by atoms with Crippen LogP contribution in [-0.4, -0.2) is 23.7 Å². The van der Waals surface area contributed by atoms with Gasteiger partial charge in [-0.3, -0.25) is 4.79 Å². The van der Waals surface area contributed by atoms with Crippen molar-refractivity contribution >= 4 is 18.3 Å². The average molecular weight is 286 g/mol. The SMILES string of the molecule is Cl.NCC1CCCC1NC(=O)c1cc(C2CC2)on1. The molecule has 2 atom stereocenters. The van der Waals surface area contributed by atoms with Crippen molar-refractivity contribution in [2.24, 2.45) is 11.7 Å². The molecular formula is C13H20ClN3O2. The summed E-state index contributed by atoms with van der Waals surface area (Å²) in [6, 6.07) is 1.97. The summed E-state index contributed by atoms with van der Waals surface area (Å²) in [4.78, 5) is 12.0. The van der Waals surface area contributed by atoms with E-state index >= 15 is 0 Å². The van der Waals surface area contributed by atoms with E-state index in [1.165, 1.54) is 0 Å². The van der Waals surface area contributed by atoms with Crippen molar-refractivity contribution in [2.75, 3.05) is 6.54 Å². The Labute approximate surface area is 118 Å². The number of hydrogen-bond acceptors (Lipinski definition) is 4. The summed E-state index contributed by atoms with van der Waals surface area (Å²) >= 11 is 0. The van der Waals surface area contributed by atoms with Crippen LogP contribution in [0.25, 0.3) is 0 Å². The molecule has 2 saturated carbocycles. The first kappa shape index (κ1) is 14.3. The van der Waals surface area contributed by atoms with Crippen LogP contribution < -0.4 is 11.1 Å². The van der Waals surface area contributed by atoms with Crippen molar-refractivity contribution in [3.8, 4) is 0 Å². The monoisotopic (exact) mass is 285 g/mol. The van der Waals surface area contributed by atoms with Gasteiger partial charge in [-0.05, 0) is 38.1 Å². The molecule has 6 heteroatoms. The first-order valence-electron chi connectivity index (χ1n) is 6.75. The predicted molar refractivity (Wildman–Crippen MR) is 73.4 cm³/mol. The highest BCUT2D eigenvalue weighted by atomic mass is 35.5. The average Bonchev–Trinajstić information content (AvgIpc) is 2.93. The molecule has 2 unspecified atom stereocenters. The number of carbonyl (C=O) groups is 1. The Morgan fingerprint density at radius 2 is 2.21 bits per heavy atom.